The number of nitrogens with zero attached hydrogens (tertiary/aromatic N) is 4. The van der Waals surface area contributed by atoms with Crippen LogP contribution < -0.4 is 10.6 Å². The number of nitriles is 1. The van der Waals surface area contributed by atoms with Gasteiger partial charge in [-0.1, -0.05) is 19.1 Å². The van der Waals surface area contributed by atoms with E-state index < -0.39 is 50.4 Å². The van der Waals surface area contributed by atoms with Crippen LogP contribution in [0.3, 0.4) is 0 Å². The molecular weight excluding hydrogens is 623 g/mol. The van der Waals surface area contributed by atoms with E-state index in [0.717, 1.165) is 35.9 Å². The molecule has 4 amide bonds. The Hall–Kier alpha value is -4.22. The molecule has 14 heteroatoms. The van der Waals surface area contributed by atoms with Crippen molar-refractivity contribution < 1.29 is 36.0 Å². The fourth-order valence-electron chi connectivity index (χ4n) is 5.93. The number of hydrogen-bond acceptors (Lipinski definition) is 7. The zero-order chi connectivity index (χ0) is 34.7. The van der Waals surface area contributed by atoms with E-state index in [-0.39, 0.29) is 47.3 Å². The van der Waals surface area contributed by atoms with Crippen LogP contribution in [0.25, 0.3) is 0 Å². The summed E-state index contributed by atoms with van der Waals surface area (Å²) in [5.41, 5.74) is 4.00. The average Bonchev–Trinajstić information content (AvgIpc) is 2.95. The minimum atomic E-state index is -4.73. The Morgan fingerprint density at radius 1 is 1.09 bits per heavy atom. The zero-order valence-corrected chi connectivity index (χ0v) is 27.4. The van der Waals surface area contributed by atoms with Gasteiger partial charge in [-0.05, 0) is 83.0 Å². The smallest absolute Gasteiger partial charge is 0.351 e. The molecule has 1 aliphatic heterocycles. The lowest BCUT2D eigenvalue weighted by atomic mass is 9.83. The third-order valence-electron chi connectivity index (χ3n) is 7.83. The van der Waals surface area contributed by atoms with Crippen molar-refractivity contribution in [3.8, 4) is 6.07 Å². The highest BCUT2D eigenvalue weighted by molar-refractivity contribution is 7.90. The van der Waals surface area contributed by atoms with Crippen molar-refractivity contribution in [3.05, 3.63) is 70.4 Å². The Bertz CT molecular complexity index is 1690. The van der Waals surface area contributed by atoms with E-state index in [1.807, 2.05) is 6.07 Å². The number of ketones is 1. The number of anilines is 1. The molecule has 2 aromatic carbocycles. The predicted molar refractivity (Wildman–Crippen MR) is 166 cm³/mol. The van der Waals surface area contributed by atoms with E-state index in [2.05, 4.69) is 39.5 Å². The van der Waals surface area contributed by atoms with E-state index in [4.69, 9.17) is 5.73 Å². The number of hydrogen-bond donors (Lipinski definition) is 1. The van der Waals surface area contributed by atoms with E-state index >= 15 is 0 Å². The number of sulfone groups is 1. The third-order valence-corrected chi connectivity index (χ3v) is 8.98. The second kappa shape index (κ2) is 14.0. The van der Waals surface area contributed by atoms with Crippen LogP contribution >= 0.6 is 0 Å². The molecule has 10 nitrogen and oxygen atoms in total. The minimum Gasteiger partial charge on any atom is -0.351 e. The average molecular weight is 662 g/mol. The SMILES string of the molecule is CCN(C(C)C)C(C)C.CS(=O)(=O)c1cc(C#N)ccc1[C@@H]1C2=C(CCCC2=O)N(c2cccc(C(F)(F)F)c2)C(=O)N1C(N)=O. The summed E-state index contributed by atoms with van der Waals surface area (Å²) in [6.07, 6.45) is -3.50. The quantitative estimate of drug-likeness (QED) is 0.390. The van der Waals surface area contributed by atoms with Gasteiger partial charge in [0, 0.05) is 36.0 Å². The number of halogens is 3. The first-order valence-electron chi connectivity index (χ1n) is 14.7. The highest BCUT2D eigenvalue weighted by Crippen LogP contribution is 2.46. The number of amides is 4. The fraction of sp³-hybridized carbons (Fsp3) is 0.438. The van der Waals surface area contributed by atoms with Gasteiger partial charge in [0.05, 0.1) is 27.8 Å². The van der Waals surface area contributed by atoms with Gasteiger partial charge in [0.25, 0.3) is 0 Å². The summed E-state index contributed by atoms with van der Waals surface area (Å²) in [6, 6.07) is 6.50. The Morgan fingerprint density at radius 3 is 2.20 bits per heavy atom. The van der Waals surface area contributed by atoms with Crippen LogP contribution in [-0.2, 0) is 20.8 Å². The van der Waals surface area contributed by atoms with Gasteiger partial charge >= 0.3 is 18.2 Å². The molecule has 0 saturated heterocycles. The molecule has 1 aliphatic carbocycles. The topological polar surface area (TPSA) is 145 Å². The number of nitrogens with two attached hydrogens (primary N) is 1. The fourth-order valence-corrected chi connectivity index (χ4v) is 6.88. The van der Waals surface area contributed by atoms with Crippen molar-refractivity contribution in [1.82, 2.24) is 9.80 Å². The molecule has 0 fully saturated rings. The Morgan fingerprint density at radius 2 is 1.72 bits per heavy atom. The number of imide groups is 1. The van der Waals surface area contributed by atoms with Crippen molar-refractivity contribution >= 4 is 33.4 Å². The van der Waals surface area contributed by atoms with Gasteiger partial charge in [-0.25, -0.2) is 22.9 Å². The van der Waals surface area contributed by atoms with Crippen LogP contribution in [0.5, 0.6) is 0 Å². The molecule has 248 valence electrons. The van der Waals surface area contributed by atoms with Gasteiger partial charge < -0.3 is 5.73 Å². The number of urea groups is 2. The normalized spacial score (nSPS) is 17.2. The molecule has 2 aromatic rings. The molecule has 46 heavy (non-hydrogen) atoms. The highest BCUT2D eigenvalue weighted by Gasteiger charge is 2.48. The molecule has 2 N–H and O–H groups in total. The van der Waals surface area contributed by atoms with Gasteiger partial charge in [-0.2, -0.15) is 18.4 Å². The summed E-state index contributed by atoms with van der Waals surface area (Å²) in [6.45, 7) is 12.3. The second-order valence-electron chi connectivity index (χ2n) is 11.6. The van der Waals surface area contributed by atoms with Crippen molar-refractivity contribution in [1.29, 1.82) is 5.26 Å². The molecule has 1 atom stereocenters. The molecule has 0 spiro atoms. The first kappa shape index (κ1) is 36.3. The summed E-state index contributed by atoms with van der Waals surface area (Å²) in [5.74, 6) is -0.522. The van der Waals surface area contributed by atoms with Gasteiger partial charge in [0.15, 0.2) is 15.6 Å². The highest BCUT2D eigenvalue weighted by atomic mass is 32.2. The number of carbonyl (C=O) groups is 3. The lowest BCUT2D eigenvalue weighted by Crippen LogP contribution is -2.56. The molecule has 0 saturated carbocycles. The maximum Gasteiger partial charge on any atom is 0.416 e. The number of Topliss-reactive ketones (excluding diaryl/α,β-unsaturated/α-hetero) is 1. The monoisotopic (exact) mass is 661 g/mol. The van der Waals surface area contributed by atoms with Crippen LogP contribution in [0.1, 0.15) is 76.6 Å². The molecule has 4 rings (SSSR count). The number of allylic oxidation sites excluding steroid dienone is 1. The maximum absolute atomic E-state index is 13.7. The van der Waals surface area contributed by atoms with Crippen molar-refractivity contribution in [2.24, 2.45) is 5.73 Å². The summed E-state index contributed by atoms with van der Waals surface area (Å²) in [4.78, 5) is 42.9. The van der Waals surface area contributed by atoms with Gasteiger partial charge in [-0.3, -0.25) is 14.6 Å². The molecule has 0 unspecified atom stereocenters. The second-order valence-corrected chi connectivity index (χ2v) is 13.6. The van der Waals surface area contributed by atoms with E-state index in [1.165, 1.54) is 18.2 Å². The minimum absolute atomic E-state index is 0.00293. The third kappa shape index (κ3) is 7.59. The van der Waals surface area contributed by atoms with Crippen LogP contribution in [-0.4, -0.2) is 60.9 Å². The number of benzene rings is 2. The van der Waals surface area contributed by atoms with E-state index in [0.29, 0.717) is 23.0 Å². The molecular formula is C32H38F3N5O5S. The summed E-state index contributed by atoms with van der Waals surface area (Å²) < 4.78 is 65.5. The predicted octanol–water partition coefficient (Wildman–Crippen LogP) is 6.17. The van der Waals surface area contributed by atoms with Gasteiger partial charge in [-0.15, -0.1) is 0 Å². The van der Waals surface area contributed by atoms with E-state index in [9.17, 15) is 41.2 Å². The lowest BCUT2D eigenvalue weighted by Gasteiger charge is -2.44. The summed E-state index contributed by atoms with van der Waals surface area (Å²) in [5, 5.41) is 9.25. The largest absolute Gasteiger partial charge is 0.416 e. The number of alkyl halides is 3. The number of carbonyl (C=O) groups excluding carboxylic acids is 3. The van der Waals surface area contributed by atoms with Crippen LogP contribution in [0.2, 0.25) is 0 Å². The van der Waals surface area contributed by atoms with E-state index in [1.54, 1.807) is 0 Å². The standard InChI is InChI=1S/C24H19F3N4O5S.C8H19N/c1-37(35,36)19-10-13(12-28)8-9-16(19)21-20-17(6-3-7-18(20)32)30(23(34)31(21)22(29)33)15-5-2-4-14(11-15)24(25,26)27;1-6-9(7(2)3)8(4)5/h2,4-5,8-11,21H,3,6-7H2,1H3,(H2,29,33);7-8H,6H2,1-5H3/t21-;/m1./s1. The Kier molecular flexibility index (Phi) is 11.1. The van der Waals surface area contributed by atoms with Crippen molar-refractivity contribution in [2.45, 2.75) is 83.1 Å². The number of rotatable bonds is 6. The molecule has 0 aromatic heterocycles. The summed E-state index contributed by atoms with van der Waals surface area (Å²) in [7, 11) is -4.04. The number of primary amides is 1. The lowest BCUT2D eigenvalue weighted by molar-refractivity contribution is -0.137. The van der Waals surface area contributed by atoms with Crippen LogP contribution in [0, 0.1) is 11.3 Å². The molecule has 2 aliphatic rings. The molecule has 1 heterocycles. The Balaban J connectivity index is 0.000000559. The zero-order valence-electron chi connectivity index (χ0n) is 26.6. The van der Waals surface area contributed by atoms with Gasteiger partial charge in [0.2, 0.25) is 0 Å². The molecule has 0 radical (unpaired) electrons. The van der Waals surface area contributed by atoms with Crippen LogP contribution in [0.4, 0.5) is 28.4 Å². The molecule has 0 bridgehead atoms. The van der Waals surface area contributed by atoms with Crippen molar-refractivity contribution in [2.75, 3.05) is 17.7 Å². The van der Waals surface area contributed by atoms with Gasteiger partial charge in [0.1, 0.15) is 6.04 Å². The Labute approximate surface area is 267 Å². The first-order valence-corrected chi connectivity index (χ1v) is 16.6. The maximum atomic E-state index is 13.7. The summed E-state index contributed by atoms with van der Waals surface area (Å²) >= 11 is 0. The van der Waals surface area contributed by atoms with Crippen LogP contribution in [0.15, 0.2) is 58.6 Å². The van der Waals surface area contributed by atoms with Crippen molar-refractivity contribution in [3.63, 3.8) is 0 Å². The first-order chi connectivity index (χ1) is 21.3.